The molecule has 0 bridgehead atoms. The molecular weight excluding hydrogens is 360 g/mol. The Balaban J connectivity index is 1.54. The van der Waals surface area contributed by atoms with Gasteiger partial charge in [0.25, 0.3) is 0 Å². The number of pyridine rings is 1. The Bertz CT molecular complexity index is 1150. The summed E-state index contributed by atoms with van der Waals surface area (Å²) in [5.74, 6) is 0. The second-order valence-corrected chi connectivity index (χ2v) is 7.50. The number of hydrogen-bond acceptors (Lipinski definition) is 5. The molecule has 1 aliphatic heterocycles. The third-order valence-corrected chi connectivity index (χ3v) is 5.42. The topological polar surface area (TPSA) is 86.8 Å². The Morgan fingerprint density at radius 2 is 2.15 bits per heavy atom. The number of fused-ring (bicyclic) bond motifs is 2. The second kappa shape index (κ2) is 6.17. The summed E-state index contributed by atoms with van der Waals surface area (Å²) in [6.07, 6.45) is 3.55. The third kappa shape index (κ3) is 2.83. The second-order valence-electron chi connectivity index (χ2n) is 6.53. The number of amides is 2. The van der Waals surface area contributed by atoms with Crippen molar-refractivity contribution in [2.24, 2.45) is 0 Å². The highest BCUT2D eigenvalue weighted by Gasteiger charge is 2.24. The Kier molecular flexibility index (Phi) is 3.64. The lowest BCUT2D eigenvalue weighted by Gasteiger charge is -2.28. The molecule has 0 unspecified atom stereocenters. The predicted octanol–water partition coefficient (Wildman–Crippen LogP) is 3.94. The van der Waals surface area contributed by atoms with Crippen LogP contribution in [-0.2, 0) is 13.1 Å². The first-order valence-corrected chi connectivity index (χ1v) is 9.43. The first-order valence-electron chi connectivity index (χ1n) is 8.56. The standard InChI is InChI=1S/C19H16N6OS/c1-11-6-12(2-3-20-11)18-14-7-13-9-25(10-17-21-4-5-27-17)19(26)22-15(13)8-16(14)23-24-18/h2-8H,9-10H2,1H3,(H,22,26)(H,23,24). The van der Waals surface area contributed by atoms with Crippen LogP contribution in [0.15, 0.2) is 42.0 Å². The Labute approximate surface area is 159 Å². The number of nitrogens with zero attached hydrogens (tertiary/aromatic N) is 4. The van der Waals surface area contributed by atoms with E-state index in [0.29, 0.717) is 13.1 Å². The lowest BCUT2D eigenvalue weighted by molar-refractivity contribution is 0.204. The van der Waals surface area contributed by atoms with E-state index in [1.807, 2.05) is 30.5 Å². The van der Waals surface area contributed by atoms with E-state index >= 15 is 0 Å². The number of aromatic amines is 1. The van der Waals surface area contributed by atoms with Gasteiger partial charge in [-0.1, -0.05) is 0 Å². The number of nitrogens with one attached hydrogen (secondary N) is 2. The molecule has 0 saturated heterocycles. The monoisotopic (exact) mass is 376 g/mol. The van der Waals surface area contributed by atoms with E-state index in [0.717, 1.165) is 44.1 Å². The lowest BCUT2D eigenvalue weighted by Crippen LogP contribution is -2.38. The molecular formula is C19H16N6OS. The summed E-state index contributed by atoms with van der Waals surface area (Å²) in [6, 6.07) is 7.92. The highest BCUT2D eigenvalue weighted by molar-refractivity contribution is 7.09. The van der Waals surface area contributed by atoms with Crippen molar-refractivity contribution in [3.8, 4) is 11.3 Å². The summed E-state index contributed by atoms with van der Waals surface area (Å²) in [7, 11) is 0. The molecule has 4 aromatic rings. The number of benzene rings is 1. The van der Waals surface area contributed by atoms with Gasteiger partial charge in [-0.15, -0.1) is 11.3 Å². The average Bonchev–Trinajstić information content (AvgIpc) is 3.30. The van der Waals surface area contributed by atoms with E-state index < -0.39 is 0 Å². The molecule has 0 saturated carbocycles. The molecule has 8 heteroatoms. The largest absolute Gasteiger partial charge is 0.322 e. The fourth-order valence-corrected chi connectivity index (χ4v) is 3.99. The van der Waals surface area contributed by atoms with Gasteiger partial charge in [-0.25, -0.2) is 9.78 Å². The van der Waals surface area contributed by atoms with Crippen molar-refractivity contribution in [2.75, 3.05) is 5.32 Å². The zero-order valence-electron chi connectivity index (χ0n) is 14.6. The molecule has 134 valence electrons. The molecule has 3 aromatic heterocycles. The molecule has 2 amide bonds. The minimum Gasteiger partial charge on any atom is -0.313 e. The highest BCUT2D eigenvalue weighted by Crippen LogP contribution is 2.33. The predicted molar refractivity (Wildman–Crippen MR) is 104 cm³/mol. The summed E-state index contributed by atoms with van der Waals surface area (Å²) < 4.78 is 0. The molecule has 1 aromatic carbocycles. The summed E-state index contributed by atoms with van der Waals surface area (Å²) in [5, 5.41) is 14.4. The van der Waals surface area contributed by atoms with Crippen LogP contribution >= 0.6 is 11.3 Å². The van der Waals surface area contributed by atoms with E-state index in [1.165, 1.54) is 0 Å². The van der Waals surface area contributed by atoms with Crippen molar-refractivity contribution < 1.29 is 4.79 Å². The van der Waals surface area contributed by atoms with Crippen molar-refractivity contribution in [1.82, 2.24) is 25.1 Å². The van der Waals surface area contributed by atoms with Crippen LogP contribution in [0.5, 0.6) is 0 Å². The average molecular weight is 376 g/mol. The van der Waals surface area contributed by atoms with Crippen LogP contribution in [0.4, 0.5) is 10.5 Å². The van der Waals surface area contributed by atoms with Gasteiger partial charge in [0.15, 0.2) is 0 Å². The Morgan fingerprint density at radius 3 is 2.96 bits per heavy atom. The number of aromatic nitrogens is 4. The highest BCUT2D eigenvalue weighted by atomic mass is 32.1. The van der Waals surface area contributed by atoms with E-state index in [4.69, 9.17) is 0 Å². The smallest absolute Gasteiger partial charge is 0.313 e. The molecule has 0 atom stereocenters. The van der Waals surface area contributed by atoms with Crippen molar-refractivity contribution in [3.05, 3.63) is 58.3 Å². The summed E-state index contributed by atoms with van der Waals surface area (Å²) >= 11 is 1.55. The van der Waals surface area contributed by atoms with E-state index in [9.17, 15) is 4.79 Å². The zero-order valence-corrected chi connectivity index (χ0v) is 15.4. The fourth-order valence-electron chi connectivity index (χ4n) is 3.36. The molecule has 2 N–H and O–H groups in total. The first kappa shape index (κ1) is 16.0. The number of H-pyrrole nitrogens is 1. The Hall–Kier alpha value is -3.26. The normalized spacial score (nSPS) is 13.7. The van der Waals surface area contributed by atoms with Crippen molar-refractivity contribution in [1.29, 1.82) is 0 Å². The van der Waals surface area contributed by atoms with Crippen LogP contribution < -0.4 is 5.32 Å². The third-order valence-electron chi connectivity index (χ3n) is 4.66. The van der Waals surface area contributed by atoms with Gasteiger partial charge in [-0.2, -0.15) is 5.10 Å². The van der Waals surface area contributed by atoms with Gasteiger partial charge >= 0.3 is 6.03 Å². The van der Waals surface area contributed by atoms with Crippen LogP contribution in [0.2, 0.25) is 0 Å². The zero-order chi connectivity index (χ0) is 18.4. The lowest BCUT2D eigenvalue weighted by atomic mass is 10.0. The van der Waals surface area contributed by atoms with Crippen molar-refractivity contribution >= 4 is 34.0 Å². The maximum Gasteiger partial charge on any atom is 0.322 e. The molecule has 0 radical (unpaired) electrons. The van der Waals surface area contributed by atoms with Gasteiger partial charge in [0.1, 0.15) is 10.7 Å². The number of carbonyl (C=O) groups excluding carboxylic acids is 1. The van der Waals surface area contributed by atoms with Crippen LogP contribution in [0.1, 0.15) is 16.3 Å². The summed E-state index contributed by atoms with van der Waals surface area (Å²) in [4.78, 5) is 22.7. The van der Waals surface area contributed by atoms with Gasteiger partial charge in [0.05, 0.1) is 12.1 Å². The van der Waals surface area contributed by atoms with Crippen LogP contribution in [0, 0.1) is 6.92 Å². The molecule has 0 spiro atoms. The van der Waals surface area contributed by atoms with Crippen LogP contribution in [0.3, 0.4) is 0 Å². The number of carbonyl (C=O) groups is 1. The summed E-state index contributed by atoms with van der Waals surface area (Å²) in [6.45, 7) is 3.01. The van der Waals surface area contributed by atoms with E-state index in [1.54, 1.807) is 28.6 Å². The maximum absolute atomic E-state index is 12.4. The van der Waals surface area contributed by atoms with Gasteiger partial charge in [0, 0.05) is 46.6 Å². The molecule has 27 heavy (non-hydrogen) atoms. The molecule has 0 fully saturated rings. The van der Waals surface area contributed by atoms with Gasteiger partial charge in [-0.3, -0.25) is 10.1 Å². The number of rotatable bonds is 3. The fraction of sp³-hybridized carbons (Fsp3) is 0.158. The molecule has 1 aliphatic rings. The van der Waals surface area contributed by atoms with E-state index in [2.05, 4.69) is 31.5 Å². The minimum absolute atomic E-state index is 0.110. The summed E-state index contributed by atoms with van der Waals surface area (Å²) in [5.41, 5.74) is 5.64. The minimum atomic E-state index is -0.110. The number of anilines is 1. The Morgan fingerprint density at radius 1 is 1.22 bits per heavy atom. The van der Waals surface area contributed by atoms with Gasteiger partial charge in [0.2, 0.25) is 0 Å². The van der Waals surface area contributed by atoms with Crippen molar-refractivity contribution in [3.63, 3.8) is 0 Å². The molecule has 5 rings (SSSR count). The maximum atomic E-state index is 12.4. The number of thiazole rings is 1. The SMILES string of the molecule is Cc1cc(-c2n[nH]c3cc4c(cc23)CN(Cc2nccs2)C(=O)N4)ccn1. The first-order chi connectivity index (χ1) is 13.2. The number of hydrogen-bond donors (Lipinski definition) is 2. The quantitative estimate of drug-likeness (QED) is 0.567. The number of aryl methyl sites for hydroxylation is 1. The number of urea groups is 1. The van der Waals surface area contributed by atoms with Gasteiger partial charge < -0.3 is 10.2 Å². The molecule has 4 heterocycles. The van der Waals surface area contributed by atoms with Crippen LogP contribution in [0.25, 0.3) is 22.2 Å². The molecule has 7 nitrogen and oxygen atoms in total. The molecule has 0 aliphatic carbocycles. The van der Waals surface area contributed by atoms with Gasteiger partial charge in [-0.05, 0) is 36.8 Å². The van der Waals surface area contributed by atoms with Crippen LogP contribution in [-0.4, -0.2) is 31.1 Å². The van der Waals surface area contributed by atoms with E-state index in [-0.39, 0.29) is 6.03 Å². The van der Waals surface area contributed by atoms with Crippen molar-refractivity contribution in [2.45, 2.75) is 20.0 Å².